The van der Waals surface area contributed by atoms with E-state index in [0.29, 0.717) is 5.69 Å². The summed E-state index contributed by atoms with van der Waals surface area (Å²) in [4.78, 5) is 18.5. The first-order valence-electron chi connectivity index (χ1n) is 4.61. The van der Waals surface area contributed by atoms with Crippen molar-refractivity contribution in [3.63, 3.8) is 0 Å². The Bertz CT molecular complexity index is 500. The Kier molecular flexibility index (Phi) is 2.77. The summed E-state index contributed by atoms with van der Waals surface area (Å²) < 4.78 is 0. The maximum atomic E-state index is 10.7. The molecule has 2 aromatic heterocycles. The summed E-state index contributed by atoms with van der Waals surface area (Å²) in [6, 6.07) is 5.09. The van der Waals surface area contributed by atoms with Crippen LogP contribution in [-0.4, -0.2) is 21.0 Å². The van der Waals surface area contributed by atoms with E-state index in [1.807, 2.05) is 0 Å². The smallest absolute Gasteiger partial charge is 0.337 e. The molecule has 0 fully saturated rings. The van der Waals surface area contributed by atoms with Crippen LogP contribution in [0, 0.1) is 0 Å². The van der Waals surface area contributed by atoms with Gasteiger partial charge in [-0.15, -0.1) is 0 Å². The van der Waals surface area contributed by atoms with Crippen molar-refractivity contribution in [1.82, 2.24) is 9.97 Å². The fourth-order valence-electron chi connectivity index (χ4n) is 1.23. The Labute approximate surface area is 91.8 Å². The van der Waals surface area contributed by atoms with Crippen LogP contribution in [0.25, 0.3) is 0 Å². The predicted octanol–water partition coefficient (Wildman–Crippen LogP) is 1.92. The number of aromatic nitrogens is 2. The summed E-state index contributed by atoms with van der Waals surface area (Å²) >= 11 is 0. The molecule has 0 spiro atoms. The number of carboxylic acid groups (broad SMARTS) is 1. The summed E-state index contributed by atoms with van der Waals surface area (Å²) in [6.45, 7) is 0. The highest BCUT2D eigenvalue weighted by atomic mass is 16.4. The molecule has 0 bridgehead atoms. The third-order valence-corrected chi connectivity index (χ3v) is 1.95. The SMILES string of the molecule is O=C(O)c1cncc(Nc2ccncc2)c1. The van der Waals surface area contributed by atoms with Gasteiger partial charge in [-0.1, -0.05) is 0 Å². The van der Waals surface area contributed by atoms with Crippen molar-refractivity contribution < 1.29 is 9.90 Å². The zero-order valence-electron chi connectivity index (χ0n) is 8.29. The molecule has 2 rings (SSSR count). The molecule has 5 nitrogen and oxygen atoms in total. The predicted molar refractivity (Wildman–Crippen MR) is 58.7 cm³/mol. The average molecular weight is 215 g/mol. The van der Waals surface area contributed by atoms with Crippen LogP contribution in [0.15, 0.2) is 43.0 Å². The molecule has 0 aliphatic heterocycles. The van der Waals surface area contributed by atoms with E-state index in [4.69, 9.17) is 5.11 Å². The van der Waals surface area contributed by atoms with Gasteiger partial charge in [-0.25, -0.2) is 4.79 Å². The molecule has 0 unspecified atom stereocenters. The van der Waals surface area contributed by atoms with Crippen LogP contribution in [0.3, 0.4) is 0 Å². The number of hydrogen-bond donors (Lipinski definition) is 2. The van der Waals surface area contributed by atoms with Gasteiger partial charge in [-0.3, -0.25) is 9.97 Å². The van der Waals surface area contributed by atoms with Crippen molar-refractivity contribution in [3.05, 3.63) is 48.5 Å². The normalized spacial score (nSPS) is 9.75. The number of carbonyl (C=O) groups is 1. The first-order chi connectivity index (χ1) is 7.75. The number of aromatic carboxylic acids is 1. The number of rotatable bonds is 3. The van der Waals surface area contributed by atoms with E-state index in [-0.39, 0.29) is 5.56 Å². The number of hydrogen-bond acceptors (Lipinski definition) is 4. The molecule has 0 aromatic carbocycles. The van der Waals surface area contributed by atoms with Crippen molar-refractivity contribution in [2.24, 2.45) is 0 Å². The van der Waals surface area contributed by atoms with E-state index in [0.717, 1.165) is 5.69 Å². The van der Waals surface area contributed by atoms with Gasteiger partial charge in [0.15, 0.2) is 0 Å². The van der Waals surface area contributed by atoms with Crippen molar-refractivity contribution in [2.45, 2.75) is 0 Å². The van der Waals surface area contributed by atoms with Gasteiger partial charge in [-0.05, 0) is 18.2 Å². The third kappa shape index (κ3) is 2.33. The molecule has 0 aliphatic carbocycles. The molecule has 2 aromatic rings. The lowest BCUT2D eigenvalue weighted by Gasteiger charge is -2.05. The zero-order valence-corrected chi connectivity index (χ0v) is 8.29. The van der Waals surface area contributed by atoms with Gasteiger partial charge in [0, 0.05) is 24.3 Å². The van der Waals surface area contributed by atoms with E-state index in [1.165, 1.54) is 12.3 Å². The van der Waals surface area contributed by atoms with E-state index >= 15 is 0 Å². The summed E-state index contributed by atoms with van der Waals surface area (Å²) in [7, 11) is 0. The molecule has 0 amide bonds. The second-order valence-corrected chi connectivity index (χ2v) is 3.13. The minimum atomic E-state index is -0.995. The van der Waals surface area contributed by atoms with Crippen molar-refractivity contribution >= 4 is 17.3 Å². The number of nitrogens with zero attached hydrogens (tertiary/aromatic N) is 2. The number of pyridine rings is 2. The Morgan fingerprint density at radius 1 is 1.12 bits per heavy atom. The molecule has 0 aliphatic rings. The standard InChI is InChI=1S/C11H9N3O2/c15-11(16)8-5-10(7-13-6-8)14-9-1-3-12-4-2-9/h1-7H,(H,12,14)(H,15,16). The van der Waals surface area contributed by atoms with Crippen LogP contribution in [0.5, 0.6) is 0 Å². The number of anilines is 2. The Morgan fingerprint density at radius 3 is 2.56 bits per heavy atom. The zero-order chi connectivity index (χ0) is 11.4. The van der Waals surface area contributed by atoms with Gasteiger partial charge in [0.25, 0.3) is 0 Å². The summed E-state index contributed by atoms with van der Waals surface area (Å²) in [6.07, 6.45) is 6.17. The summed E-state index contributed by atoms with van der Waals surface area (Å²) in [5, 5.41) is 11.8. The monoisotopic (exact) mass is 215 g/mol. The lowest BCUT2D eigenvalue weighted by Crippen LogP contribution is -1.99. The van der Waals surface area contributed by atoms with Crippen molar-refractivity contribution in [1.29, 1.82) is 0 Å². The second kappa shape index (κ2) is 4.39. The van der Waals surface area contributed by atoms with Crippen LogP contribution < -0.4 is 5.32 Å². The third-order valence-electron chi connectivity index (χ3n) is 1.95. The maximum absolute atomic E-state index is 10.7. The molecule has 2 heterocycles. The highest BCUT2D eigenvalue weighted by molar-refractivity contribution is 5.88. The molecule has 16 heavy (non-hydrogen) atoms. The van der Waals surface area contributed by atoms with Gasteiger partial charge >= 0.3 is 5.97 Å². The molecule has 0 saturated heterocycles. The molecular weight excluding hydrogens is 206 g/mol. The van der Waals surface area contributed by atoms with E-state index in [9.17, 15) is 4.79 Å². The first-order valence-corrected chi connectivity index (χ1v) is 4.61. The lowest BCUT2D eigenvalue weighted by molar-refractivity contribution is 0.0696. The highest BCUT2D eigenvalue weighted by Crippen LogP contribution is 2.15. The molecule has 0 atom stereocenters. The fourth-order valence-corrected chi connectivity index (χ4v) is 1.23. The van der Waals surface area contributed by atoms with Gasteiger partial charge in [0.05, 0.1) is 17.4 Å². The first kappa shape index (κ1) is 10.1. The van der Waals surface area contributed by atoms with Crippen LogP contribution >= 0.6 is 0 Å². The Hall–Kier alpha value is -2.43. The molecule has 0 radical (unpaired) electrons. The summed E-state index contributed by atoms with van der Waals surface area (Å²) in [5.74, 6) is -0.995. The van der Waals surface area contributed by atoms with Crippen molar-refractivity contribution in [3.8, 4) is 0 Å². The minimum absolute atomic E-state index is 0.152. The van der Waals surface area contributed by atoms with E-state index in [1.54, 1.807) is 30.7 Å². The number of nitrogens with one attached hydrogen (secondary N) is 1. The largest absolute Gasteiger partial charge is 0.478 e. The lowest BCUT2D eigenvalue weighted by atomic mass is 10.2. The Morgan fingerprint density at radius 2 is 1.88 bits per heavy atom. The highest BCUT2D eigenvalue weighted by Gasteiger charge is 2.03. The van der Waals surface area contributed by atoms with Gasteiger partial charge in [-0.2, -0.15) is 0 Å². The van der Waals surface area contributed by atoms with Crippen molar-refractivity contribution in [2.75, 3.05) is 5.32 Å². The Balaban J connectivity index is 2.22. The number of carboxylic acids is 1. The van der Waals surface area contributed by atoms with Crippen LogP contribution in [0.2, 0.25) is 0 Å². The average Bonchev–Trinajstić information content (AvgIpc) is 2.30. The van der Waals surface area contributed by atoms with Crippen LogP contribution in [0.4, 0.5) is 11.4 Å². The van der Waals surface area contributed by atoms with Crippen LogP contribution in [-0.2, 0) is 0 Å². The van der Waals surface area contributed by atoms with Gasteiger partial charge < -0.3 is 10.4 Å². The fraction of sp³-hybridized carbons (Fsp3) is 0. The van der Waals surface area contributed by atoms with E-state index in [2.05, 4.69) is 15.3 Å². The molecule has 5 heteroatoms. The molecular formula is C11H9N3O2. The van der Waals surface area contributed by atoms with Gasteiger partial charge in [0.1, 0.15) is 0 Å². The van der Waals surface area contributed by atoms with Gasteiger partial charge in [0.2, 0.25) is 0 Å². The molecule has 2 N–H and O–H groups in total. The molecule has 0 saturated carbocycles. The maximum Gasteiger partial charge on any atom is 0.337 e. The minimum Gasteiger partial charge on any atom is -0.478 e. The van der Waals surface area contributed by atoms with Crippen LogP contribution in [0.1, 0.15) is 10.4 Å². The second-order valence-electron chi connectivity index (χ2n) is 3.13. The summed E-state index contributed by atoms with van der Waals surface area (Å²) in [5.41, 5.74) is 1.62. The molecule has 80 valence electrons. The quantitative estimate of drug-likeness (QED) is 0.818. The topological polar surface area (TPSA) is 75.1 Å². The van der Waals surface area contributed by atoms with E-state index < -0.39 is 5.97 Å².